The highest BCUT2D eigenvalue weighted by molar-refractivity contribution is 7.09. The minimum Gasteiger partial charge on any atom is -0.385 e. The maximum absolute atomic E-state index is 10.8. The molecule has 2 aromatic rings. The van der Waals surface area contributed by atoms with E-state index in [1.165, 1.54) is 22.5 Å². The lowest BCUT2D eigenvalue weighted by Crippen LogP contribution is -2.39. The van der Waals surface area contributed by atoms with Gasteiger partial charge < -0.3 is 10.8 Å². The molecule has 0 fully saturated rings. The molecule has 3 rings (SSSR count). The number of fused-ring (bicyclic) bond motifs is 1. The van der Waals surface area contributed by atoms with Crippen LogP contribution in [-0.2, 0) is 11.8 Å². The fourth-order valence-corrected chi connectivity index (χ4v) is 3.95. The van der Waals surface area contributed by atoms with Crippen LogP contribution in [-0.4, -0.2) is 16.6 Å². The van der Waals surface area contributed by atoms with Gasteiger partial charge in [0.2, 0.25) is 0 Å². The van der Waals surface area contributed by atoms with Crippen LogP contribution in [0.15, 0.2) is 29.6 Å². The summed E-state index contributed by atoms with van der Waals surface area (Å²) in [6, 6.07) is 8.30. The Morgan fingerprint density at radius 1 is 1.47 bits per heavy atom. The van der Waals surface area contributed by atoms with Crippen molar-refractivity contribution in [1.29, 1.82) is 0 Å². The Bertz CT molecular complexity index is 595. The van der Waals surface area contributed by atoms with Crippen molar-refractivity contribution >= 4 is 11.3 Å². The summed E-state index contributed by atoms with van der Waals surface area (Å²) in [5.74, 6) is 0. The summed E-state index contributed by atoms with van der Waals surface area (Å²) in [4.78, 5) is 4.43. The number of nitrogens with zero attached hydrogens (tertiary/aromatic N) is 1. The highest BCUT2D eigenvalue weighted by Gasteiger charge is 2.45. The predicted octanol–water partition coefficient (Wildman–Crippen LogP) is 2.33. The largest absolute Gasteiger partial charge is 0.385 e. The van der Waals surface area contributed by atoms with Gasteiger partial charge in [0.15, 0.2) is 0 Å². The first-order valence-electron chi connectivity index (χ1n) is 6.56. The maximum Gasteiger partial charge on any atom is 0.122 e. The van der Waals surface area contributed by atoms with Gasteiger partial charge in [-0.25, -0.2) is 4.98 Å². The van der Waals surface area contributed by atoms with E-state index >= 15 is 0 Å². The summed E-state index contributed by atoms with van der Waals surface area (Å²) in [6.07, 6.45) is 1.26. The van der Waals surface area contributed by atoms with Gasteiger partial charge in [0.05, 0.1) is 0 Å². The Kier molecular flexibility index (Phi) is 3.17. The predicted molar refractivity (Wildman–Crippen MR) is 77.3 cm³/mol. The molecule has 3 N–H and O–H groups in total. The molecule has 1 aliphatic carbocycles. The molecule has 1 heterocycles. The van der Waals surface area contributed by atoms with Gasteiger partial charge in [0.25, 0.3) is 0 Å². The van der Waals surface area contributed by atoms with E-state index in [1.807, 2.05) is 24.4 Å². The molecule has 1 aromatic heterocycles. The van der Waals surface area contributed by atoms with Crippen LogP contribution in [0.4, 0.5) is 0 Å². The van der Waals surface area contributed by atoms with E-state index in [2.05, 4.69) is 17.1 Å². The van der Waals surface area contributed by atoms with E-state index in [4.69, 9.17) is 5.73 Å². The number of aliphatic hydroxyl groups is 1. The second-order valence-corrected chi connectivity index (χ2v) is 6.14. The lowest BCUT2D eigenvalue weighted by atomic mass is 9.77. The highest BCUT2D eigenvalue weighted by atomic mass is 32.1. The first-order chi connectivity index (χ1) is 9.17. The molecule has 1 aliphatic rings. The minimum atomic E-state index is -0.611. The van der Waals surface area contributed by atoms with E-state index in [9.17, 15) is 5.11 Å². The summed E-state index contributed by atoms with van der Waals surface area (Å²) in [7, 11) is 0. The van der Waals surface area contributed by atoms with Gasteiger partial charge in [-0.2, -0.15) is 0 Å². The molecule has 0 bridgehead atoms. The number of hydrogen-bond acceptors (Lipinski definition) is 4. The van der Waals surface area contributed by atoms with Crippen molar-refractivity contribution < 1.29 is 5.11 Å². The number of thiazole rings is 1. The van der Waals surface area contributed by atoms with Gasteiger partial charge >= 0.3 is 0 Å². The number of aryl methyl sites for hydroxylation is 2. The molecular weight excluding hydrogens is 256 g/mol. The zero-order chi connectivity index (χ0) is 13.5. The van der Waals surface area contributed by atoms with Crippen molar-refractivity contribution in [1.82, 2.24) is 4.98 Å². The van der Waals surface area contributed by atoms with Crippen LogP contribution in [0.25, 0.3) is 0 Å². The van der Waals surface area contributed by atoms with Gasteiger partial charge in [-0.1, -0.05) is 24.3 Å². The molecule has 0 saturated carbocycles. The second kappa shape index (κ2) is 4.71. The Hall–Kier alpha value is -1.23. The van der Waals surface area contributed by atoms with E-state index in [-0.39, 0.29) is 5.41 Å². The number of hydrogen-bond donors (Lipinski definition) is 2. The molecule has 0 aliphatic heterocycles. The molecule has 2 atom stereocenters. The number of nitrogens with two attached hydrogens (primary N) is 1. The van der Waals surface area contributed by atoms with Crippen LogP contribution in [0, 0.1) is 6.92 Å². The molecule has 0 spiro atoms. The van der Waals surface area contributed by atoms with Gasteiger partial charge in [-0.15, -0.1) is 11.3 Å². The normalized spacial score (nSPS) is 23.3. The van der Waals surface area contributed by atoms with Crippen molar-refractivity contribution in [3.05, 3.63) is 51.5 Å². The molecule has 2 unspecified atom stereocenters. The molecule has 19 heavy (non-hydrogen) atoms. The summed E-state index contributed by atoms with van der Waals surface area (Å²) in [6.45, 7) is 2.40. The molecule has 100 valence electrons. The summed E-state index contributed by atoms with van der Waals surface area (Å²) in [5, 5.41) is 13.6. The molecule has 4 heteroatoms. The minimum absolute atomic E-state index is 0.374. The lowest BCUT2D eigenvalue weighted by molar-refractivity contribution is 0.0837. The van der Waals surface area contributed by atoms with Gasteiger partial charge in [-0.05, 0) is 30.9 Å². The van der Waals surface area contributed by atoms with Gasteiger partial charge in [0, 0.05) is 23.0 Å². The lowest BCUT2D eigenvalue weighted by Gasteiger charge is -2.33. The third-order valence-corrected chi connectivity index (χ3v) is 5.17. The number of rotatable bonds is 3. The monoisotopic (exact) mass is 274 g/mol. The van der Waals surface area contributed by atoms with Crippen molar-refractivity contribution in [2.24, 2.45) is 5.73 Å². The van der Waals surface area contributed by atoms with Crippen LogP contribution < -0.4 is 5.73 Å². The van der Waals surface area contributed by atoms with Crippen LogP contribution in [0.2, 0.25) is 0 Å². The Balaban J connectivity index is 2.06. The quantitative estimate of drug-likeness (QED) is 0.903. The summed E-state index contributed by atoms with van der Waals surface area (Å²) in [5.41, 5.74) is 9.13. The first-order valence-corrected chi connectivity index (χ1v) is 7.44. The average Bonchev–Trinajstić information content (AvgIpc) is 3.02. The zero-order valence-corrected chi connectivity index (χ0v) is 11.8. The van der Waals surface area contributed by atoms with Crippen LogP contribution in [0.3, 0.4) is 0 Å². The fourth-order valence-electron chi connectivity index (χ4n) is 3.06. The van der Waals surface area contributed by atoms with Crippen LogP contribution in [0.5, 0.6) is 0 Å². The molecule has 3 nitrogen and oxygen atoms in total. The first kappa shape index (κ1) is 12.8. The van der Waals surface area contributed by atoms with Gasteiger partial charge in [-0.3, -0.25) is 0 Å². The van der Waals surface area contributed by atoms with Crippen LogP contribution >= 0.6 is 11.3 Å². The highest BCUT2D eigenvalue weighted by Crippen LogP contribution is 2.47. The van der Waals surface area contributed by atoms with E-state index in [0.29, 0.717) is 6.54 Å². The Morgan fingerprint density at radius 3 is 2.95 bits per heavy atom. The fraction of sp³-hybridized carbons (Fsp3) is 0.400. The third-order valence-electron chi connectivity index (χ3n) is 4.15. The molecule has 0 amide bonds. The zero-order valence-electron chi connectivity index (χ0n) is 11.0. The molecular formula is C15H18N2OS. The Labute approximate surface area is 117 Å². The number of aliphatic hydroxyl groups excluding tert-OH is 1. The maximum atomic E-state index is 10.8. The summed E-state index contributed by atoms with van der Waals surface area (Å²) < 4.78 is 0. The smallest absolute Gasteiger partial charge is 0.122 e. The van der Waals surface area contributed by atoms with E-state index in [1.54, 1.807) is 0 Å². The van der Waals surface area contributed by atoms with Crippen molar-refractivity contribution in [3.63, 3.8) is 0 Å². The van der Waals surface area contributed by atoms with E-state index < -0.39 is 6.10 Å². The van der Waals surface area contributed by atoms with E-state index in [0.717, 1.165) is 23.5 Å². The average molecular weight is 274 g/mol. The molecule has 1 aromatic carbocycles. The number of aromatic nitrogens is 1. The molecule has 0 radical (unpaired) electrons. The number of benzene rings is 1. The van der Waals surface area contributed by atoms with Gasteiger partial charge in [0.1, 0.15) is 11.1 Å². The molecule has 0 saturated heterocycles. The topological polar surface area (TPSA) is 59.1 Å². The third kappa shape index (κ3) is 1.91. The standard InChI is InChI=1S/C15H18N2OS/c1-10-8-19-14(17-10)13(18)15(9-16)7-6-11-4-2-3-5-12(11)15/h2-5,8,13,18H,6-7,9,16H2,1H3. The van der Waals surface area contributed by atoms with Crippen molar-refractivity contribution in [2.45, 2.75) is 31.3 Å². The van der Waals surface area contributed by atoms with Crippen molar-refractivity contribution in [2.75, 3.05) is 6.54 Å². The second-order valence-electron chi connectivity index (χ2n) is 5.25. The Morgan fingerprint density at radius 2 is 2.26 bits per heavy atom. The van der Waals surface area contributed by atoms with Crippen LogP contribution in [0.1, 0.15) is 34.4 Å². The van der Waals surface area contributed by atoms with Crippen molar-refractivity contribution in [3.8, 4) is 0 Å². The summed E-state index contributed by atoms with van der Waals surface area (Å²) >= 11 is 1.52. The SMILES string of the molecule is Cc1csc(C(O)C2(CN)CCc3ccccc32)n1.